The van der Waals surface area contributed by atoms with Crippen molar-refractivity contribution in [2.45, 2.75) is 32.1 Å². The first-order valence-corrected chi connectivity index (χ1v) is 11.8. The zero-order valence-electron chi connectivity index (χ0n) is 17.8. The van der Waals surface area contributed by atoms with E-state index < -0.39 is 0 Å². The Morgan fingerprint density at radius 2 is 2.26 bits per heavy atom. The van der Waals surface area contributed by atoms with Gasteiger partial charge in [0.1, 0.15) is 5.76 Å². The van der Waals surface area contributed by atoms with Crippen LogP contribution in [0.5, 0.6) is 0 Å². The Labute approximate surface area is 186 Å². The van der Waals surface area contributed by atoms with Crippen LogP contribution in [0.25, 0.3) is 11.4 Å². The van der Waals surface area contributed by atoms with Gasteiger partial charge in [-0.3, -0.25) is 9.69 Å². The molecule has 1 fully saturated rings. The van der Waals surface area contributed by atoms with Gasteiger partial charge in [0.05, 0.1) is 24.5 Å². The molecule has 4 rings (SSSR count). The van der Waals surface area contributed by atoms with E-state index in [4.69, 9.17) is 8.94 Å². The third-order valence-electron chi connectivity index (χ3n) is 5.35. The largest absolute Gasteiger partial charge is 0.468 e. The SMILES string of the molecule is Cc1cccc(-c2noc(CN3CCCC(C(=O)NCCSCc4ccco4)C3)n2)c1. The molecule has 8 heteroatoms. The maximum atomic E-state index is 12.6. The number of carbonyl (C=O) groups excluding carboxylic acids is 1. The number of aromatic nitrogens is 2. The van der Waals surface area contributed by atoms with E-state index in [0.717, 1.165) is 47.8 Å². The first-order valence-electron chi connectivity index (χ1n) is 10.7. The van der Waals surface area contributed by atoms with Crippen LogP contribution in [-0.4, -0.2) is 46.3 Å². The van der Waals surface area contributed by atoms with Crippen molar-refractivity contribution in [1.82, 2.24) is 20.4 Å². The molecule has 0 saturated carbocycles. The van der Waals surface area contributed by atoms with Gasteiger partial charge in [-0.15, -0.1) is 0 Å². The van der Waals surface area contributed by atoms with Crippen molar-refractivity contribution in [2.24, 2.45) is 5.92 Å². The van der Waals surface area contributed by atoms with Crippen molar-refractivity contribution in [2.75, 3.05) is 25.4 Å². The molecule has 1 atom stereocenters. The summed E-state index contributed by atoms with van der Waals surface area (Å²) in [5, 5.41) is 7.20. The van der Waals surface area contributed by atoms with E-state index in [0.29, 0.717) is 31.3 Å². The van der Waals surface area contributed by atoms with E-state index in [-0.39, 0.29) is 11.8 Å². The number of piperidine rings is 1. The van der Waals surface area contributed by atoms with Gasteiger partial charge in [-0.05, 0) is 44.5 Å². The highest BCUT2D eigenvalue weighted by Crippen LogP contribution is 2.21. The Hall–Kier alpha value is -2.58. The number of furan rings is 1. The molecule has 1 amide bonds. The van der Waals surface area contributed by atoms with Crippen LogP contribution in [0.3, 0.4) is 0 Å². The summed E-state index contributed by atoms with van der Waals surface area (Å²) < 4.78 is 10.8. The number of likely N-dealkylation sites (tertiary alicyclic amines) is 1. The Bertz CT molecular complexity index is 973. The molecule has 1 aliphatic heterocycles. The van der Waals surface area contributed by atoms with Crippen LogP contribution >= 0.6 is 11.8 Å². The van der Waals surface area contributed by atoms with E-state index in [2.05, 4.69) is 20.4 Å². The van der Waals surface area contributed by atoms with Crippen molar-refractivity contribution < 1.29 is 13.7 Å². The Morgan fingerprint density at radius 1 is 1.32 bits per heavy atom. The maximum absolute atomic E-state index is 12.6. The van der Waals surface area contributed by atoms with E-state index in [9.17, 15) is 4.79 Å². The standard InChI is InChI=1S/C23H28N4O3S/c1-17-5-2-6-18(13-17)22-25-21(30-26-22)15-27-10-3-7-19(14-27)23(28)24-9-12-31-16-20-8-4-11-29-20/h2,4-6,8,11,13,19H,3,7,9-10,12,14-16H2,1H3,(H,24,28). The topological polar surface area (TPSA) is 84.4 Å². The zero-order valence-corrected chi connectivity index (χ0v) is 18.6. The molecule has 0 spiro atoms. The molecule has 1 saturated heterocycles. The molecule has 0 aliphatic carbocycles. The average Bonchev–Trinajstić information content (AvgIpc) is 3.46. The van der Waals surface area contributed by atoms with Crippen LogP contribution in [0.15, 0.2) is 51.6 Å². The van der Waals surface area contributed by atoms with Gasteiger partial charge in [-0.2, -0.15) is 16.7 Å². The average molecular weight is 441 g/mol. The number of benzene rings is 1. The zero-order chi connectivity index (χ0) is 21.5. The van der Waals surface area contributed by atoms with Gasteiger partial charge < -0.3 is 14.3 Å². The summed E-state index contributed by atoms with van der Waals surface area (Å²) in [6.07, 6.45) is 3.59. The Kier molecular flexibility index (Phi) is 7.43. The van der Waals surface area contributed by atoms with E-state index in [1.807, 2.05) is 43.3 Å². The predicted octanol–water partition coefficient (Wildman–Crippen LogP) is 3.90. The third-order valence-corrected chi connectivity index (χ3v) is 6.33. The molecule has 1 aliphatic rings. The lowest BCUT2D eigenvalue weighted by Crippen LogP contribution is -2.43. The van der Waals surface area contributed by atoms with Gasteiger partial charge in [0.25, 0.3) is 0 Å². The highest BCUT2D eigenvalue weighted by atomic mass is 32.2. The number of hydrogen-bond donors (Lipinski definition) is 1. The molecular weight excluding hydrogens is 412 g/mol. The van der Waals surface area contributed by atoms with Crippen LogP contribution in [0, 0.1) is 12.8 Å². The maximum Gasteiger partial charge on any atom is 0.241 e. The third kappa shape index (κ3) is 6.21. The summed E-state index contributed by atoms with van der Waals surface area (Å²) in [6.45, 7) is 4.94. The van der Waals surface area contributed by atoms with Crippen molar-refractivity contribution in [1.29, 1.82) is 0 Å². The first kappa shape index (κ1) is 21.6. The molecule has 1 N–H and O–H groups in total. The van der Waals surface area contributed by atoms with Crippen LogP contribution < -0.4 is 5.32 Å². The molecule has 3 aromatic rings. The highest BCUT2D eigenvalue weighted by molar-refractivity contribution is 7.98. The predicted molar refractivity (Wildman–Crippen MR) is 120 cm³/mol. The van der Waals surface area contributed by atoms with Gasteiger partial charge in [0.15, 0.2) is 0 Å². The fourth-order valence-electron chi connectivity index (χ4n) is 3.78. The minimum absolute atomic E-state index is 0.00277. The molecule has 7 nitrogen and oxygen atoms in total. The molecule has 31 heavy (non-hydrogen) atoms. The van der Waals surface area contributed by atoms with E-state index >= 15 is 0 Å². The molecule has 1 aromatic carbocycles. The lowest BCUT2D eigenvalue weighted by atomic mass is 9.97. The van der Waals surface area contributed by atoms with Gasteiger partial charge in [0, 0.05) is 24.4 Å². The lowest BCUT2D eigenvalue weighted by Gasteiger charge is -2.30. The fraction of sp³-hybridized carbons (Fsp3) is 0.435. The summed E-state index contributed by atoms with van der Waals surface area (Å²) in [4.78, 5) is 19.4. The molecular formula is C23H28N4O3S. The van der Waals surface area contributed by atoms with Gasteiger partial charge in [-0.25, -0.2) is 0 Å². The van der Waals surface area contributed by atoms with Crippen molar-refractivity contribution in [3.05, 3.63) is 59.9 Å². The summed E-state index contributed by atoms with van der Waals surface area (Å²) in [6, 6.07) is 11.9. The number of aryl methyl sites for hydroxylation is 1. The second-order valence-corrected chi connectivity index (χ2v) is 8.98. The normalized spacial score (nSPS) is 17.0. The van der Waals surface area contributed by atoms with Crippen molar-refractivity contribution >= 4 is 17.7 Å². The lowest BCUT2D eigenvalue weighted by molar-refractivity contribution is -0.126. The van der Waals surface area contributed by atoms with Gasteiger partial charge in [-0.1, -0.05) is 28.9 Å². The van der Waals surface area contributed by atoms with E-state index in [1.165, 1.54) is 0 Å². The molecule has 2 aromatic heterocycles. The molecule has 0 bridgehead atoms. The number of nitrogens with one attached hydrogen (secondary N) is 1. The highest BCUT2D eigenvalue weighted by Gasteiger charge is 2.26. The summed E-state index contributed by atoms with van der Waals surface area (Å²) in [5.74, 6) is 3.99. The van der Waals surface area contributed by atoms with Crippen LogP contribution in [0.2, 0.25) is 0 Å². The summed E-state index contributed by atoms with van der Waals surface area (Å²) >= 11 is 1.76. The quantitative estimate of drug-likeness (QED) is 0.505. The van der Waals surface area contributed by atoms with Crippen LogP contribution in [0.1, 0.15) is 30.1 Å². The number of carbonyl (C=O) groups is 1. The number of thioether (sulfide) groups is 1. The minimum Gasteiger partial charge on any atom is -0.468 e. The molecule has 3 heterocycles. The summed E-state index contributed by atoms with van der Waals surface area (Å²) in [5.41, 5.74) is 2.11. The second kappa shape index (κ2) is 10.6. The summed E-state index contributed by atoms with van der Waals surface area (Å²) in [7, 11) is 0. The molecule has 164 valence electrons. The van der Waals surface area contributed by atoms with Crippen LogP contribution in [0.4, 0.5) is 0 Å². The Morgan fingerprint density at radius 3 is 3.10 bits per heavy atom. The van der Waals surface area contributed by atoms with Gasteiger partial charge in [0.2, 0.25) is 17.6 Å². The van der Waals surface area contributed by atoms with Crippen molar-refractivity contribution in [3.63, 3.8) is 0 Å². The van der Waals surface area contributed by atoms with Crippen LogP contribution in [-0.2, 0) is 17.1 Å². The number of hydrogen-bond acceptors (Lipinski definition) is 7. The second-order valence-electron chi connectivity index (χ2n) is 7.88. The minimum atomic E-state index is 0.00277. The van der Waals surface area contributed by atoms with Gasteiger partial charge >= 0.3 is 0 Å². The van der Waals surface area contributed by atoms with E-state index in [1.54, 1.807) is 18.0 Å². The molecule has 1 unspecified atom stereocenters. The first-order chi connectivity index (χ1) is 15.2. The number of nitrogens with zero attached hydrogens (tertiary/aromatic N) is 3. The Balaban J connectivity index is 1.21. The molecule has 0 radical (unpaired) electrons. The van der Waals surface area contributed by atoms with Crippen molar-refractivity contribution in [3.8, 4) is 11.4 Å². The number of amides is 1. The smallest absolute Gasteiger partial charge is 0.241 e. The fourth-order valence-corrected chi connectivity index (χ4v) is 4.54. The monoisotopic (exact) mass is 440 g/mol. The number of rotatable bonds is 9.